The molecule has 0 atom stereocenters. The van der Waals surface area contributed by atoms with Gasteiger partial charge in [0.05, 0.1) is 5.69 Å². The SMILES string of the molecule is Cc1cccc2c1N=CC2. The molecule has 0 saturated heterocycles. The Hall–Kier alpha value is -1.11. The van der Waals surface area contributed by atoms with Crippen molar-refractivity contribution in [3.8, 4) is 0 Å². The van der Waals surface area contributed by atoms with E-state index in [9.17, 15) is 0 Å². The van der Waals surface area contributed by atoms with Gasteiger partial charge in [-0.05, 0) is 18.1 Å². The second-order valence-electron chi connectivity index (χ2n) is 2.60. The van der Waals surface area contributed by atoms with Crippen molar-refractivity contribution in [2.45, 2.75) is 13.3 Å². The fraction of sp³-hybridized carbons (Fsp3) is 0.222. The molecule has 1 aliphatic rings. The van der Waals surface area contributed by atoms with Gasteiger partial charge in [0, 0.05) is 12.6 Å². The van der Waals surface area contributed by atoms with Crippen LogP contribution in [0.4, 0.5) is 5.69 Å². The zero-order valence-corrected chi connectivity index (χ0v) is 5.96. The average Bonchev–Trinajstić information content (AvgIpc) is 2.36. The number of nitrogens with zero attached hydrogens (tertiary/aromatic N) is 1. The standard InChI is InChI=1S/C9H9N/c1-7-3-2-4-8-5-6-10-9(7)8/h2-4,6H,5H2,1H3. The number of fused-ring (bicyclic) bond motifs is 1. The van der Waals surface area contributed by atoms with Gasteiger partial charge in [-0.2, -0.15) is 0 Å². The Kier molecular flexibility index (Phi) is 1.10. The van der Waals surface area contributed by atoms with Gasteiger partial charge in [0.15, 0.2) is 0 Å². The molecule has 0 spiro atoms. The summed E-state index contributed by atoms with van der Waals surface area (Å²) in [6.45, 7) is 2.10. The molecule has 1 heterocycles. The van der Waals surface area contributed by atoms with E-state index in [1.807, 2.05) is 6.21 Å². The quantitative estimate of drug-likeness (QED) is 0.512. The van der Waals surface area contributed by atoms with Crippen LogP contribution in [0.15, 0.2) is 23.2 Å². The van der Waals surface area contributed by atoms with Gasteiger partial charge in [0.1, 0.15) is 0 Å². The molecule has 0 fully saturated rings. The first kappa shape index (κ1) is 5.66. The van der Waals surface area contributed by atoms with Crippen molar-refractivity contribution in [2.75, 3.05) is 0 Å². The molecule has 0 unspecified atom stereocenters. The van der Waals surface area contributed by atoms with Crippen LogP contribution in [0.5, 0.6) is 0 Å². The largest absolute Gasteiger partial charge is 0.260 e. The molecular weight excluding hydrogens is 122 g/mol. The normalized spacial score (nSPS) is 13.7. The molecule has 1 aliphatic heterocycles. The number of aliphatic imine (C=N–C) groups is 1. The molecule has 10 heavy (non-hydrogen) atoms. The minimum Gasteiger partial charge on any atom is -0.260 e. The maximum atomic E-state index is 4.27. The Bertz CT molecular complexity index is 287. The van der Waals surface area contributed by atoms with E-state index in [0.29, 0.717) is 0 Å². The highest BCUT2D eigenvalue weighted by Crippen LogP contribution is 2.27. The Morgan fingerprint density at radius 2 is 2.30 bits per heavy atom. The zero-order valence-electron chi connectivity index (χ0n) is 5.96. The lowest BCUT2D eigenvalue weighted by Gasteiger charge is -1.98. The van der Waals surface area contributed by atoms with Crippen LogP contribution in [0, 0.1) is 6.92 Å². The maximum Gasteiger partial charge on any atom is 0.0690 e. The molecule has 0 saturated carbocycles. The lowest BCUT2D eigenvalue weighted by molar-refractivity contribution is 1.35. The number of hydrogen-bond donors (Lipinski definition) is 0. The van der Waals surface area contributed by atoms with Gasteiger partial charge >= 0.3 is 0 Å². The molecule has 0 aliphatic carbocycles. The van der Waals surface area contributed by atoms with Gasteiger partial charge in [-0.1, -0.05) is 18.2 Å². The van der Waals surface area contributed by atoms with Crippen molar-refractivity contribution in [3.05, 3.63) is 29.3 Å². The van der Waals surface area contributed by atoms with Crippen molar-refractivity contribution in [3.63, 3.8) is 0 Å². The van der Waals surface area contributed by atoms with E-state index in [4.69, 9.17) is 0 Å². The summed E-state index contributed by atoms with van der Waals surface area (Å²) in [6, 6.07) is 6.32. The first-order chi connectivity index (χ1) is 4.88. The zero-order chi connectivity index (χ0) is 6.97. The summed E-state index contributed by atoms with van der Waals surface area (Å²) in [5.41, 5.74) is 3.83. The van der Waals surface area contributed by atoms with Gasteiger partial charge in [0.25, 0.3) is 0 Å². The molecule has 1 nitrogen and oxygen atoms in total. The lowest BCUT2D eigenvalue weighted by Crippen LogP contribution is -1.79. The van der Waals surface area contributed by atoms with Crippen molar-refractivity contribution < 1.29 is 0 Å². The first-order valence-corrected chi connectivity index (χ1v) is 3.49. The van der Waals surface area contributed by atoms with Crippen LogP contribution in [0.2, 0.25) is 0 Å². The lowest BCUT2D eigenvalue weighted by atomic mass is 10.1. The molecule has 0 amide bonds. The average molecular weight is 131 g/mol. The van der Waals surface area contributed by atoms with Crippen LogP contribution < -0.4 is 0 Å². The minimum absolute atomic E-state index is 1.01. The highest BCUT2D eigenvalue weighted by molar-refractivity contribution is 5.77. The van der Waals surface area contributed by atoms with Crippen LogP contribution in [0.25, 0.3) is 0 Å². The molecule has 2 rings (SSSR count). The third-order valence-electron chi connectivity index (χ3n) is 1.85. The number of hydrogen-bond acceptors (Lipinski definition) is 1. The third-order valence-corrected chi connectivity index (χ3v) is 1.85. The van der Waals surface area contributed by atoms with E-state index in [1.165, 1.54) is 16.8 Å². The number of benzene rings is 1. The smallest absolute Gasteiger partial charge is 0.0690 e. The highest BCUT2D eigenvalue weighted by Gasteiger charge is 2.06. The Balaban J connectivity index is 2.67. The Labute approximate surface area is 60.4 Å². The van der Waals surface area contributed by atoms with Gasteiger partial charge in [0.2, 0.25) is 0 Å². The van der Waals surface area contributed by atoms with Crippen LogP contribution in [-0.4, -0.2) is 6.21 Å². The molecule has 0 N–H and O–H groups in total. The molecule has 0 radical (unpaired) electrons. The first-order valence-electron chi connectivity index (χ1n) is 3.49. The maximum absolute atomic E-state index is 4.27. The van der Waals surface area contributed by atoms with Gasteiger partial charge < -0.3 is 0 Å². The van der Waals surface area contributed by atoms with Crippen LogP contribution >= 0.6 is 0 Å². The van der Waals surface area contributed by atoms with E-state index >= 15 is 0 Å². The number of rotatable bonds is 0. The molecule has 0 aromatic heterocycles. The van der Waals surface area contributed by atoms with E-state index in [0.717, 1.165) is 6.42 Å². The molecule has 1 aromatic rings. The predicted molar refractivity (Wildman–Crippen MR) is 43.0 cm³/mol. The molecular formula is C9H9N. The summed E-state index contributed by atoms with van der Waals surface area (Å²) < 4.78 is 0. The second kappa shape index (κ2) is 1.94. The summed E-state index contributed by atoms with van der Waals surface area (Å²) in [7, 11) is 0. The van der Waals surface area contributed by atoms with E-state index in [-0.39, 0.29) is 0 Å². The second-order valence-corrected chi connectivity index (χ2v) is 2.60. The van der Waals surface area contributed by atoms with Gasteiger partial charge in [-0.15, -0.1) is 0 Å². The number of aryl methyl sites for hydroxylation is 1. The molecule has 1 aromatic carbocycles. The van der Waals surface area contributed by atoms with E-state index in [2.05, 4.69) is 30.1 Å². The monoisotopic (exact) mass is 131 g/mol. The van der Waals surface area contributed by atoms with Crippen molar-refractivity contribution in [1.82, 2.24) is 0 Å². The fourth-order valence-electron chi connectivity index (χ4n) is 1.30. The van der Waals surface area contributed by atoms with Crippen LogP contribution in [0.3, 0.4) is 0 Å². The van der Waals surface area contributed by atoms with Crippen molar-refractivity contribution >= 4 is 11.9 Å². The summed E-state index contributed by atoms with van der Waals surface area (Å²) in [5, 5.41) is 0. The summed E-state index contributed by atoms with van der Waals surface area (Å²) in [4.78, 5) is 4.27. The van der Waals surface area contributed by atoms with E-state index in [1.54, 1.807) is 0 Å². The van der Waals surface area contributed by atoms with Crippen LogP contribution in [-0.2, 0) is 6.42 Å². The van der Waals surface area contributed by atoms with Crippen molar-refractivity contribution in [1.29, 1.82) is 0 Å². The molecule has 1 heteroatoms. The number of para-hydroxylation sites is 1. The molecule has 50 valence electrons. The Morgan fingerprint density at radius 1 is 1.40 bits per heavy atom. The van der Waals surface area contributed by atoms with Gasteiger partial charge in [-0.3, -0.25) is 4.99 Å². The molecule has 0 bridgehead atoms. The topological polar surface area (TPSA) is 12.4 Å². The Morgan fingerprint density at radius 3 is 3.10 bits per heavy atom. The van der Waals surface area contributed by atoms with E-state index < -0.39 is 0 Å². The van der Waals surface area contributed by atoms with Crippen LogP contribution in [0.1, 0.15) is 11.1 Å². The summed E-state index contributed by atoms with van der Waals surface area (Å²) in [5.74, 6) is 0. The van der Waals surface area contributed by atoms with Crippen molar-refractivity contribution in [2.24, 2.45) is 4.99 Å². The van der Waals surface area contributed by atoms with Gasteiger partial charge in [-0.25, -0.2) is 0 Å². The summed E-state index contributed by atoms with van der Waals surface area (Å²) in [6.07, 6.45) is 2.98. The minimum atomic E-state index is 1.01. The predicted octanol–water partition coefficient (Wildman–Crippen LogP) is 2.25. The highest BCUT2D eigenvalue weighted by atomic mass is 14.7. The third kappa shape index (κ3) is 0.670. The fourth-order valence-corrected chi connectivity index (χ4v) is 1.30. The summed E-state index contributed by atoms with van der Waals surface area (Å²) >= 11 is 0.